The van der Waals surface area contributed by atoms with E-state index in [9.17, 15) is 9.18 Å². The number of nitrogens with one attached hydrogen (secondary N) is 2. The van der Waals surface area contributed by atoms with Crippen molar-refractivity contribution in [2.45, 2.75) is 25.3 Å². The standard InChI is InChI=1S/C13H16ClFN2O/c14-9-3-4-11(12(15)8-9)13(18)17-7-5-10-2-1-6-16-10/h3-4,8,10,16H,1-2,5-7H2,(H,17,18). The predicted molar refractivity (Wildman–Crippen MR) is 69.4 cm³/mol. The van der Waals surface area contributed by atoms with Gasteiger partial charge in [0.25, 0.3) is 5.91 Å². The Bertz CT molecular complexity index is 433. The van der Waals surface area contributed by atoms with Crippen LogP contribution in [0, 0.1) is 5.82 Å². The second kappa shape index (κ2) is 6.16. The van der Waals surface area contributed by atoms with Gasteiger partial charge >= 0.3 is 0 Å². The molecule has 1 unspecified atom stereocenters. The van der Waals surface area contributed by atoms with Crippen molar-refractivity contribution in [3.63, 3.8) is 0 Å². The summed E-state index contributed by atoms with van der Waals surface area (Å²) in [6.07, 6.45) is 3.20. The lowest BCUT2D eigenvalue weighted by Gasteiger charge is -2.11. The summed E-state index contributed by atoms with van der Waals surface area (Å²) in [5.74, 6) is -0.971. The molecule has 98 valence electrons. The van der Waals surface area contributed by atoms with Crippen LogP contribution in [0.25, 0.3) is 0 Å². The van der Waals surface area contributed by atoms with Gasteiger partial charge in [-0.25, -0.2) is 4.39 Å². The molecular formula is C13H16ClFN2O. The van der Waals surface area contributed by atoms with Gasteiger partial charge in [-0.15, -0.1) is 0 Å². The Hall–Kier alpha value is -1.13. The minimum Gasteiger partial charge on any atom is -0.352 e. The van der Waals surface area contributed by atoms with Crippen molar-refractivity contribution in [3.05, 3.63) is 34.6 Å². The molecule has 1 heterocycles. The Labute approximate surface area is 111 Å². The Morgan fingerprint density at radius 3 is 3.06 bits per heavy atom. The van der Waals surface area contributed by atoms with Gasteiger partial charge in [-0.3, -0.25) is 4.79 Å². The Morgan fingerprint density at radius 1 is 1.56 bits per heavy atom. The third-order valence-electron chi connectivity index (χ3n) is 3.12. The summed E-state index contributed by atoms with van der Waals surface area (Å²) >= 11 is 5.63. The van der Waals surface area contributed by atoms with E-state index in [1.807, 2.05) is 0 Å². The highest BCUT2D eigenvalue weighted by Crippen LogP contribution is 2.14. The van der Waals surface area contributed by atoms with Crippen molar-refractivity contribution in [3.8, 4) is 0 Å². The molecular weight excluding hydrogens is 255 g/mol. The van der Waals surface area contributed by atoms with Crippen molar-refractivity contribution < 1.29 is 9.18 Å². The van der Waals surface area contributed by atoms with E-state index in [1.165, 1.54) is 18.6 Å². The average molecular weight is 271 g/mol. The molecule has 5 heteroatoms. The van der Waals surface area contributed by atoms with E-state index in [1.54, 1.807) is 0 Å². The van der Waals surface area contributed by atoms with Crippen molar-refractivity contribution in [2.24, 2.45) is 0 Å². The summed E-state index contributed by atoms with van der Waals surface area (Å²) in [6.45, 7) is 1.60. The van der Waals surface area contributed by atoms with E-state index in [-0.39, 0.29) is 11.5 Å². The number of amides is 1. The predicted octanol–water partition coefficient (Wildman–Crippen LogP) is 2.35. The molecule has 2 N–H and O–H groups in total. The molecule has 1 aliphatic heterocycles. The van der Waals surface area contributed by atoms with Crippen LogP contribution in [-0.4, -0.2) is 25.0 Å². The zero-order valence-corrected chi connectivity index (χ0v) is 10.8. The summed E-state index contributed by atoms with van der Waals surface area (Å²) in [4.78, 5) is 11.7. The molecule has 1 aromatic rings. The number of hydrogen-bond acceptors (Lipinski definition) is 2. The Kier molecular flexibility index (Phi) is 4.55. The first kappa shape index (κ1) is 13.3. The number of carbonyl (C=O) groups excluding carboxylic acids is 1. The van der Waals surface area contributed by atoms with E-state index < -0.39 is 5.82 Å². The fraction of sp³-hybridized carbons (Fsp3) is 0.462. The van der Waals surface area contributed by atoms with Crippen LogP contribution in [0.2, 0.25) is 5.02 Å². The number of carbonyl (C=O) groups is 1. The monoisotopic (exact) mass is 270 g/mol. The first-order valence-corrected chi connectivity index (χ1v) is 6.51. The fourth-order valence-electron chi connectivity index (χ4n) is 2.13. The first-order chi connectivity index (χ1) is 8.66. The summed E-state index contributed by atoms with van der Waals surface area (Å²) in [5, 5.41) is 6.36. The summed E-state index contributed by atoms with van der Waals surface area (Å²) in [6, 6.07) is 4.54. The van der Waals surface area contributed by atoms with Gasteiger partial charge in [-0.1, -0.05) is 11.6 Å². The van der Waals surface area contributed by atoms with Crippen molar-refractivity contribution in [1.29, 1.82) is 0 Å². The van der Waals surface area contributed by atoms with Gasteiger partial charge in [-0.2, -0.15) is 0 Å². The molecule has 1 amide bonds. The molecule has 0 bridgehead atoms. The Morgan fingerprint density at radius 2 is 2.39 bits per heavy atom. The molecule has 1 saturated heterocycles. The molecule has 0 aromatic heterocycles. The third-order valence-corrected chi connectivity index (χ3v) is 3.35. The molecule has 3 nitrogen and oxygen atoms in total. The van der Waals surface area contributed by atoms with Crippen LogP contribution in [0.1, 0.15) is 29.6 Å². The smallest absolute Gasteiger partial charge is 0.254 e. The molecule has 1 fully saturated rings. The van der Waals surface area contributed by atoms with Gasteiger partial charge in [0, 0.05) is 17.6 Å². The topological polar surface area (TPSA) is 41.1 Å². The van der Waals surface area contributed by atoms with E-state index in [2.05, 4.69) is 10.6 Å². The van der Waals surface area contributed by atoms with Crippen LogP contribution in [0.4, 0.5) is 4.39 Å². The van der Waals surface area contributed by atoms with Crippen LogP contribution >= 0.6 is 11.6 Å². The summed E-state index contributed by atoms with van der Waals surface area (Å²) in [7, 11) is 0. The molecule has 1 atom stereocenters. The maximum Gasteiger partial charge on any atom is 0.254 e. The van der Waals surface area contributed by atoms with Crippen LogP contribution in [0.3, 0.4) is 0 Å². The molecule has 0 aliphatic carbocycles. The average Bonchev–Trinajstić information content (AvgIpc) is 2.81. The quantitative estimate of drug-likeness (QED) is 0.882. The molecule has 1 aromatic carbocycles. The summed E-state index contributed by atoms with van der Waals surface area (Å²) in [5.41, 5.74) is 0.0405. The Balaban J connectivity index is 1.83. The van der Waals surface area contributed by atoms with Crippen LogP contribution in [0.5, 0.6) is 0 Å². The highest BCUT2D eigenvalue weighted by atomic mass is 35.5. The van der Waals surface area contributed by atoms with E-state index in [0.717, 1.165) is 25.5 Å². The van der Waals surface area contributed by atoms with Gasteiger partial charge in [-0.05, 0) is 44.0 Å². The maximum atomic E-state index is 13.5. The second-order valence-electron chi connectivity index (χ2n) is 4.46. The molecule has 18 heavy (non-hydrogen) atoms. The van der Waals surface area contributed by atoms with Crippen molar-refractivity contribution in [1.82, 2.24) is 10.6 Å². The third kappa shape index (κ3) is 3.43. The minimum absolute atomic E-state index is 0.0405. The van der Waals surface area contributed by atoms with E-state index in [4.69, 9.17) is 11.6 Å². The van der Waals surface area contributed by atoms with Gasteiger partial charge in [0.15, 0.2) is 0 Å². The van der Waals surface area contributed by atoms with E-state index >= 15 is 0 Å². The fourth-order valence-corrected chi connectivity index (χ4v) is 2.29. The molecule has 1 aliphatic rings. The molecule has 0 radical (unpaired) electrons. The van der Waals surface area contributed by atoms with Gasteiger partial charge in [0.1, 0.15) is 5.82 Å². The molecule has 2 rings (SSSR count). The lowest BCUT2D eigenvalue weighted by Crippen LogP contribution is -2.31. The highest BCUT2D eigenvalue weighted by Gasteiger charge is 2.15. The van der Waals surface area contributed by atoms with Crippen LogP contribution in [0.15, 0.2) is 18.2 Å². The highest BCUT2D eigenvalue weighted by molar-refractivity contribution is 6.30. The minimum atomic E-state index is -0.584. The molecule has 0 spiro atoms. The van der Waals surface area contributed by atoms with Crippen molar-refractivity contribution in [2.75, 3.05) is 13.1 Å². The summed E-state index contributed by atoms with van der Waals surface area (Å²) < 4.78 is 13.5. The number of hydrogen-bond donors (Lipinski definition) is 2. The molecule has 0 saturated carbocycles. The van der Waals surface area contributed by atoms with Gasteiger partial charge in [0.2, 0.25) is 0 Å². The van der Waals surface area contributed by atoms with Crippen LogP contribution in [-0.2, 0) is 0 Å². The maximum absolute atomic E-state index is 13.5. The lowest BCUT2D eigenvalue weighted by molar-refractivity contribution is 0.0948. The zero-order valence-electron chi connectivity index (χ0n) is 10.0. The van der Waals surface area contributed by atoms with Crippen LogP contribution < -0.4 is 10.6 Å². The zero-order chi connectivity index (χ0) is 13.0. The van der Waals surface area contributed by atoms with Gasteiger partial charge < -0.3 is 10.6 Å². The van der Waals surface area contributed by atoms with E-state index in [0.29, 0.717) is 17.6 Å². The first-order valence-electron chi connectivity index (χ1n) is 6.13. The largest absolute Gasteiger partial charge is 0.352 e. The SMILES string of the molecule is O=C(NCCC1CCCN1)c1ccc(Cl)cc1F. The second-order valence-corrected chi connectivity index (χ2v) is 4.90. The lowest BCUT2D eigenvalue weighted by atomic mass is 10.1. The number of benzene rings is 1. The number of rotatable bonds is 4. The van der Waals surface area contributed by atoms with Crippen molar-refractivity contribution >= 4 is 17.5 Å². The normalized spacial score (nSPS) is 18.9. The number of halogens is 2. The van der Waals surface area contributed by atoms with Gasteiger partial charge in [0.05, 0.1) is 5.56 Å².